The average molecular weight is 573 g/mol. The highest BCUT2D eigenvalue weighted by atomic mass is 79.9. The molecule has 0 fully saturated rings. The number of carbonyl (C=O) groups excluding carboxylic acids is 1. The molecule has 0 aliphatic heterocycles. The zero-order valence-electron chi connectivity index (χ0n) is 20.8. The number of carbonyl (C=O) groups is 1. The van der Waals surface area contributed by atoms with E-state index in [4.69, 9.17) is 9.47 Å². The van der Waals surface area contributed by atoms with E-state index in [1.54, 1.807) is 23.4 Å². The highest BCUT2D eigenvalue weighted by Gasteiger charge is 2.24. The van der Waals surface area contributed by atoms with Gasteiger partial charge in [-0.3, -0.25) is 4.68 Å². The Hall–Kier alpha value is -2.75. The first-order valence-corrected chi connectivity index (χ1v) is 13.5. The van der Waals surface area contributed by atoms with Crippen molar-refractivity contribution in [1.82, 2.24) is 14.3 Å². The van der Waals surface area contributed by atoms with Gasteiger partial charge in [0.25, 0.3) is 0 Å². The van der Waals surface area contributed by atoms with E-state index in [-0.39, 0.29) is 12.6 Å². The third kappa shape index (κ3) is 5.79. The van der Waals surface area contributed by atoms with Gasteiger partial charge in [0.1, 0.15) is 18.5 Å². The Labute approximate surface area is 223 Å². The lowest BCUT2D eigenvalue weighted by atomic mass is 10.1. The van der Waals surface area contributed by atoms with Crippen LogP contribution in [0.1, 0.15) is 34.4 Å². The Balaban J connectivity index is 1.61. The maximum Gasteiger partial charge on any atom is 0.340 e. The second-order valence-electron chi connectivity index (χ2n) is 8.58. The van der Waals surface area contributed by atoms with Crippen LogP contribution in [0.3, 0.4) is 0 Å². The second kappa shape index (κ2) is 11.5. The van der Waals surface area contributed by atoms with Gasteiger partial charge >= 0.3 is 5.97 Å². The summed E-state index contributed by atoms with van der Waals surface area (Å²) in [4.78, 5) is 14.2. The summed E-state index contributed by atoms with van der Waals surface area (Å²) in [7, 11) is 1.96. The molecule has 4 aromatic rings. The molecular weight excluding hydrogens is 542 g/mol. The summed E-state index contributed by atoms with van der Waals surface area (Å²) in [6, 6.07) is 15.8. The van der Waals surface area contributed by atoms with Crippen molar-refractivity contribution in [2.75, 3.05) is 13.2 Å². The van der Waals surface area contributed by atoms with Crippen molar-refractivity contribution in [2.45, 2.75) is 44.1 Å². The van der Waals surface area contributed by atoms with E-state index in [1.165, 1.54) is 0 Å². The normalized spacial score (nSPS) is 12.2. The quantitative estimate of drug-likeness (QED) is 0.195. The van der Waals surface area contributed by atoms with Crippen LogP contribution in [0.5, 0.6) is 5.75 Å². The minimum absolute atomic E-state index is 0.0841. The zero-order chi connectivity index (χ0) is 25.8. The Morgan fingerprint density at radius 2 is 1.94 bits per heavy atom. The molecule has 0 amide bonds. The molecule has 0 aliphatic rings. The van der Waals surface area contributed by atoms with Crippen LogP contribution >= 0.6 is 27.7 Å². The highest BCUT2D eigenvalue weighted by molar-refractivity contribution is 9.10. The van der Waals surface area contributed by atoms with Crippen molar-refractivity contribution in [2.24, 2.45) is 7.05 Å². The van der Waals surface area contributed by atoms with Crippen molar-refractivity contribution in [3.8, 4) is 5.75 Å². The molecule has 2 aromatic carbocycles. The number of hydrogen-bond donors (Lipinski definition) is 1. The number of thioether (sulfide) groups is 1. The van der Waals surface area contributed by atoms with Crippen molar-refractivity contribution >= 4 is 44.6 Å². The lowest BCUT2D eigenvalue weighted by molar-refractivity contribution is 0.0527. The average Bonchev–Trinajstić information content (AvgIpc) is 3.31. The van der Waals surface area contributed by atoms with Gasteiger partial charge < -0.3 is 19.1 Å². The number of nitrogens with zero attached hydrogens (tertiary/aromatic N) is 3. The number of aliphatic hydroxyl groups excluding tert-OH is 1. The van der Waals surface area contributed by atoms with Crippen molar-refractivity contribution in [3.63, 3.8) is 0 Å². The van der Waals surface area contributed by atoms with Crippen LogP contribution in [0.25, 0.3) is 10.9 Å². The molecule has 1 atom stereocenters. The first kappa shape index (κ1) is 26.3. The van der Waals surface area contributed by atoms with E-state index >= 15 is 0 Å². The molecule has 0 saturated heterocycles. The predicted octanol–water partition coefficient (Wildman–Crippen LogP) is 5.66. The minimum Gasteiger partial charge on any atom is -0.490 e. The van der Waals surface area contributed by atoms with Crippen LogP contribution in [0, 0.1) is 13.8 Å². The minimum atomic E-state index is -0.747. The predicted molar refractivity (Wildman–Crippen MR) is 146 cm³/mol. The summed E-state index contributed by atoms with van der Waals surface area (Å²) in [5, 5.41) is 15.7. The SMILES string of the molecule is CCOC(=O)c1c(CSc2ccccc2)n(C)c2cc(Br)c(OC[C@H](O)Cn3nc(C)cc3C)cc12. The second-order valence-corrected chi connectivity index (χ2v) is 10.5. The lowest BCUT2D eigenvalue weighted by Gasteiger charge is -2.15. The number of rotatable bonds is 10. The van der Waals surface area contributed by atoms with Crippen LogP contribution in [0.2, 0.25) is 0 Å². The summed E-state index contributed by atoms with van der Waals surface area (Å²) in [6.45, 7) is 6.39. The van der Waals surface area contributed by atoms with Crippen LogP contribution < -0.4 is 4.74 Å². The van der Waals surface area contributed by atoms with Crippen molar-refractivity contribution < 1.29 is 19.4 Å². The van der Waals surface area contributed by atoms with Gasteiger partial charge in [0.2, 0.25) is 0 Å². The number of benzene rings is 2. The molecule has 4 rings (SSSR count). The van der Waals surface area contributed by atoms with Gasteiger partial charge in [-0.2, -0.15) is 5.10 Å². The number of aliphatic hydroxyl groups is 1. The molecule has 2 heterocycles. The molecular formula is C27H30BrN3O4S. The molecule has 190 valence electrons. The van der Waals surface area contributed by atoms with Gasteiger partial charge in [0.15, 0.2) is 0 Å². The number of esters is 1. The first-order chi connectivity index (χ1) is 17.3. The monoisotopic (exact) mass is 571 g/mol. The Morgan fingerprint density at radius 3 is 2.61 bits per heavy atom. The molecule has 36 heavy (non-hydrogen) atoms. The van der Waals surface area contributed by atoms with E-state index in [0.29, 0.717) is 30.2 Å². The molecule has 0 radical (unpaired) electrons. The van der Waals surface area contributed by atoms with Gasteiger partial charge in [-0.1, -0.05) is 18.2 Å². The Morgan fingerprint density at radius 1 is 1.19 bits per heavy atom. The standard InChI is InChI=1S/C27H30BrN3O4S/c1-5-34-27(33)26-21-12-25(35-15-19(32)14-31-18(3)11-17(2)29-31)22(28)13-23(21)30(4)24(26)16-36-20-9-7-6-8-10-20/h6-13,19,32H,5,14-16H2,1-4H3/t19-/m1/s1. The third-order valence-corrected chi connectivity index (χ3v) is 7.53. The summed E-state index contributed by atoms with van der Waals surface area (Å²) in [6.07, 6.45) is -0.747. The van der Waals surface area contributed by atoms with E-state index in [0.717, 1.165) is 37.4 Å². The smallest absolute Gasteiger partial charge is 0.340 e. The molecule has 0 aliphatic carbocycles. The summed E-state index contributed by atoms with van der Waals surface area (Å²) < 4.78 is 16.0. The molecule has 0 saturated carbocycles. The Bertz CT molecular complexity index is 1370. The van der Waals surface area contributed by atoms with Gasteiger partial charge in [-0.15, -0.1) is 11.8 Å². The zero-order valence-corrected chi connectivity index (χ0v) is 23.2. The summed E-state index contributed by atoms with van der Waals surface area (Å²) >= 11 is 5.27. The van der Waals surface area contributed by atoms with Gasteiger partial charge in [-0.25, -0.2) is 4.79 Å². The maximum absolute atomic E-state index is 13.1. The lowest BCUT2D eigenvalue weighted by Crippen LogP contribution is -2.24. The van der Waals surface area contributed by atoms with Gasteiger partial charge in [0.05, 0.1) is 34.4 Å². The van der Waals surface area contributed by atoms with Crippen LogP contribution in [0.4, 0.5) is 0 Å². The number of fused-ring (bicyclic) bond motifs is 1. The van der Waals surface area contributed by atoms with Crippen molar-refractivity contribution in [1.29, 1.82) is 0 Å². The maximum atomic E-state index is 13.1. The number of aryl methyl sites for hydroxylation is 3. The number of aromatic nitrogens is 3. The fourth-order valence-corrected chi connectivity index (χ4v) is 5.60. The highest BCUT2D eigenvalue weighted by Crippen LogP contribution is 2.37. The van der Waals surface area contributed by atoms with Gasteiger partial charge in [-0.05, 0) is 67.0 Å². The largest absolute Gasteiger partial charge is 0.490 e. The van der Waals surface area contributed by atoms with Crippen molar-refractivity contribution in [3.05, 3.63) is 75.6 Å². The number of hydrogen-bond acceptors (Lipinski definition) is 6. The third-order valence-electron chi connectivity index (χ3n) is 5.89. The van der Waals surface area contributed by atoms with E-state index in [1.807, 2.05) is 61.9 Å². The summed E-state index contributed by atoms with van der Waals surface area (Å²) in [5.41, 5.74) is 4.21. The Kier molecular flexibility index (Phi) is 8.43. The van der Waals surface area contributed by atoms with E-state index in [2.05, 4.69) is 33.2 Å². The number of ether oxygens (including phenoxy) is 2. The molecule has 0 spiro atoms. The number of halogens is 1. The molecule has 9 heteroatoms. The molecule has 0 bridgehead atoms. The molecule has 0 unspecified atom stereocenters. The van der Waals surface area contributed by atoms with E-state index in [9.17, 15) is 9.90 Å². The van der Waals surface area contributed by atoms with E-state index < -0.39 is 6.10 Å². The topological polar surface area (TPSA) is 78.5 Å². The molecule has 7 nitrogen and oxygen atoms in total. The van der Waals surface area contributed by atoms with Crippen LogP contribution in [-0.4, -0.2) is 44.7 Å². The molecule has 2 aromatic heterocycles. The van der Waals surface area contributed by atoms with Gasteiger partial charge in [0, 0.05) is 34.5 Å². The fraction of sp³-hybridized carbons (Fsp3) is 0.333. The first-order valence-electron chi connectivity index (χ1n) is 11.8. The summed E-state index contributed by atoms with van der Waals surface area (Å²) in [5.74, 6) is 0.802. The molecule has 1 N–H and O–H groups in total. The van der Waals surface area contributed by atoms with Crippen LogP contribution in [0.15, 0.2) is 57.9 Å². The fourth-order valence-electron chi connectivity index (χ4n) is 4.17. The van der Waals surface area contributed by atoms with Crippen LogP contribution in [-0.2, 0) is 24.1 Å².